The second kappa shape index (κ2) is 8.57. The average Bonchev–Trinajstić information content (AvgIpc) is 2.86. The molecule has 144 valence electrons. The van der Waals surface area contributed by atoms with E-state index in [1.165, 1.54) is 0 Å². The van der Waals surface area contributed by atoms with Gasteiger partial charge < -0.3 is 14.1 Å². The maximum atomic E-state index is 12.6. The fourth-order valence-corrected chi connectivity index (χ4v) is 3.24. The van der Waals surface area contributed by atoms with Gasteiger partial charge in [0.05, 0.1) is 0 Å². The van der Waals surface area contributed by atoms with Crippen molar-refractivity contribution in [1.82, 2.24) is 9.88 Å². The molecule has 0 bridgehead atoms. The minimum atomic E-state index is -0.856. The molecule has 7 heteroatoms. The largest absolute Gasteiger partial charge is 0.448 e. The Morgan fingerprint density at radius 2 is 1.78 bits per heavy atom. The van der Waals surface area contributed by atoms with Crippen molar-refractivity contribution in [1.29, 1.82) is 0 Å². The number of likely N-dealkylation sites (tertiary alicyclic amines) is 1. The van der Waals surface area contributed by atoms with Gasteiger partial charge in [-0.25, -0.2) is 9.78 Å². The van der Waals surface area contributed by atoms with Crippen LogP contribution in [0.25, 0.3) is 11.5 Å². The number of halogens is 1. The molecule has 3 rings (SSSR count). The first kappa shape index (κ1) is 19.4. The zero-order valence-electron chi connectivity index (χ0n) is 15.5. The molecule has 1 aromatic heterocycles. The number of esters is 1. The smallest absolute Gasteiger partial charge is 0.361 e. The van der Waals surface area contributed by atoms with E-state index < -0.39 is 12.1 Å². The number of oxazole rings is 1. The van der Waals surface area contributed by atoms with E-state index in [-0.39, 0.29) is 11.6 Å². The standard InChI is InChI=1S/C20H23ClN2O4/c1-13-17(22-18(26-13)15-7-9-16(21)10-8-15)20(25)27-14(2)19(24)23-11-5-3-4-6-12-23/h7-10,14H,3-6,11-12H2,1-2H3. The Bertz CT molecular complexity index is 808. The molecule has 1 aliphatic heterocycles. The van der Waals surface area contributed by atoms with Crippen LogP contribution in [0.3, 0.4) is 0 Å². The van der Waals surface area contributed by atoms with Gasteiger partial charge in [-0.1, -0.05) is 24.4 Å². The van der Waals surface area contributed by atoms with Crippen LogP contribution in [0.2, 0.25) is 5.02 Å². The van der Waals surface area contributed by atoms with Crippen LogP contribution >= 0.6 is 11.6 Å². The topological polar surface area (TPSA) is 72.6 Å². The lowest BCUT2D eigenvalue weighted by molar-refractivity contribution is -0.139. The van der Waals surface area contributed by atoms with Gasteiger partial charge in [0.1, 0.15) is 5.76 Å². The predicted molar refractivity (Wildman–Crippen MR) is 102 cm³/mol. The van der Waals surface area contributed by atoms with E-state index in [2.05, 4.69) is 4.98 Å². The molecule has 0 N–H and O–H groups in total. The van der Waals surface area contributed by atoms with Crippen molar-refractivity contribution in [3.8, 4) is 11.5 Å². The number of amides is 1. The molecule has 0 aliphatic carbocycles. The van der Waals surface area contributed by atoms with E-state index in [1.54, 1.807) is 43.0 Å². The van der Waals surface area contributed by atoms with Gasteiger partial charge in [-0.3, -0.25) is 4.79 Å². The Balaban J connectivity index is 1.68. The molecule has 1 unspecified atom stereocenters. The lowest BCUT2D eigenvalue weighted by Crippen LogP contribution is -2.40. The maximum Gasteiger partial charge on any atom is 0.361 e. The molecule has 1 aromatic carbocycles. The summed E-state index contributed by atoms with van der Waals surface area (Å²) < 4.78 is 11.0. The number of benzene rings is 1. The maximum absolute atomic E-state index is 12.6. The molecule has 2 heterocycles. The summed E-state index contributed by atoms with van der Waals surface area (Å²) in [6.07, 6.45) is 3.37. The number of hydrogen-bond acceptors (Lipinski definition) is 5. The second-order valence-electron chi connectivity index (χ2n) is 6.72. The van der Waals surface area contributed by atoms with Gasteiger partial charge in [0.15, 0.2) is 11.8 Å². The molecule has 1 atom stereocenters. The van der Waals surface area contributed by atoms with Crippen molar-refractivity contribution in [2.45, 2.75) is 45.6 Å². The fraction of sp³-hybridized carbons (Fsp3) is 0.450. The first-order valence-corrected chi connectivity index (χ1v) is 9.56. The molecule has 2 aromatic rings. The zero-order valence-corrected chi connectivity index (χ0v) is 16.3. The van der Waals surface area contributed by atoms with E-state index in [0.717, 1.165) is 25.7 Å². The summed E-state index contributed by atoms with van der Waals surface area (Å²) in [6, 6.07) is 6.95. The molecule has 1 fully saturated rings. The molecule has 1 amide bonds. The summed E-state index contributed by atoms with van der Waals surface area (Å²) in [5, 5.41) is 0.600. The molecule has 1 saturated heterocycles. The normalized spacial score (nSPS) is 15.9. The van der Waals surface area contributed by atoms with Crippen LogP contribution in [0.4, 0.5) is 0 Å². The molecular weight excluding hydrogens is 368 g/mol. The number of carbonyl (C=O) groups excluding carboxylic acids is 2. The van der Waals surface area contributed by atoms with Crippen molar-refractivity contribution >= 4 is 23.5 Å². The van der Waals surface area contributed by atoms with Gasteiger partial charge in [-0.05, 0) is 51.0 Å². The highest BCUT2D eigenvalue weighted by atomic mass is 35.5. The van der Waals surface area contributed by atoms with Crippen LogP contribution in [-0.2, 0) is 9.53 Å². The van der Waals surface area contributed by atoms with Gasteiger partial charge >= 0.3 is 5.97 Å². The van der Waals surface area contributed by atoms with Gasteiger partial charge in [-0.2, -0.15) is 0 Å². The van der Waals surface area contributed by atoms with Crippen molar-refractivity contribution in [3.63, 3.8) is 0 Å². The van der Waals surface area contributed by atoms with E-state index in [4.69, 9.17) is 20.8 Å². The number of carbonyl (C=O) groups is 2. The summed E-state index contributed by atoms with van der Waals surface area (Å²) in [5.74, 6) is -0.168. The lowest BCUT2D eigenvalue weighted by atomic mass is 10.2. The highest BCUT2D eigenvalue weighted by Gasteiger charge is 2.27. The SMILES string of the molecule is Cc1oc(-c2ccc(Cl)cc2)nc1C(=O)OC(C)C(=O)N1CCCCCC1. The van der Waals surface area contributed by atoms with Crippen molar-refractivity contribution < 1.29 is 18.7 Å². The number of rotatable bonds is 4. The van der Waals surface area contributed by atoms with Gasteiger partial charge in [0.25, 0.3) is 5.91 Å². The van der Waals surface area contributed by atoms with Crippen LogP contribution in [-0.4, -0.2) is 41.0 Å². The van der Waals surface area contributed by atoms with Crippen molar-refractivity contribution in [2.24, 2.45) is 0 Å². The van der Waals surface area contributed by atoms with Gasteiger partial charge in [-0.15, -0.1) is 0 Å². The van der Waals surface area contributed by atoms with Crippen LogP contribution in [0.5, 0.6) is 0 Å². The minimum Gasteiger partial charge on any atom is -0.448 e. The third-order valence-electron chi connectivity index (χ3n) is 4.63. The van der Waals surface area contributed by atoms with E-state index >= 15 is 0 Å². The molecule has 1 aliphatic rings. The third-order valence-corrected chi connectivity index (χ3v) is 4.88. The van der Waals surface area contributed by atoms with E-state index in [0.29, 0.717) is 35.3 Å². The number of nitrogens with zero attached hydrogens (tertiary/aromatic N) is 2. The molecule has 27 heavy (non-hydrogen) atoms. The highest BCUT2D eigenvalue weighted by Crippen LogP contribution is 2.24. The predicted octanol–water partition coefficient (Wildman–Crippen LogP) is 4.25. The fourth-order valence-electron chi connectivity index (χ4n) is 3.12. The average molecular weight is 391 g/mol. The molecule has 0 saturated carbocycles. The van der Waals surface area contributed by atoms with Crippen LogP contribution in [0, 0.1) is 6.92 Å². The summed E-state index contributed by atoms with van der Waals surface area (Å²) >= 11 is 5.89. The van der Waals surface area contributed by atoms with Gasteiger partial charge in [0.2, 0.25) is 5.89 Å². The third kappa shape index (κ3) is 4.69. The Labute approximate surface area is 163 Å². The minimum absolute atomic E-state index is 0.0791. The highest BCUT2D eigenvalue weighted by molar-refractivity contribution is 6.30. The van der Waals surface area contributed by atoms with Crippen LogP contribution in [0.15, 0.2) is 28.7 Å². The Kier molecular flexibility index (Phi) is 6.16. The molecule has 6 nitrogen and oxygen atoms in total. The zero-order chi connectivity index (χ0) is 19.4. The summed E-state index contributed by atoms with van der Waals surface area (Å²) in [4.78, 5) is 31.1. The Morgan fingerprint density at radius 1 is 1.15 bits per heavy atom. The number of aryl methyl sites for hydroxylation is 1. The molecule has 0 radical (unpaired) electrons. The number of ether oxygens (including phenoxy) is 1. The van der Waals surface area contributed by atoms with Crippen LogP contribution in [0.1, 0.15) is 48.9 Å². The molecule has 0 spiro atoms. The quantitative estimate of drug-likeness (QED) is 0.729. The lowest BCUT2D eigenvalue weighted by Gasteiger charge is -2.23. The second-order valence-corrected chi connectivity index (χ2v) is 7.15. The number of aromatic nitrogens is 1. The van der Waals surface area contributed by atoms with Crippen molar-refractivity contribution in [2.75, 3.05) is 13.1 Å². The summed E-state index contributed by atoms with van der Waals surface area (Å²) in [6.45, 7) is 4.67. The summed E-state index contributed by atoms with van der Waals surface area (Å²) in [5.41, 5.74) is 0.783. The van der Waals surface area contributed by atoms with Gasteiger partial charge in [0, 0.05) is 23.7 Å². The van der Waals surface area contributed by atoms with E-state index in [9.17, 15) is 9.59 Å². The first-order chi connectivity index (χ1) is 13.0. The monoisotopic (exact) mass is 390 g/mol. The Hall–Kier alpha value is -2.34. The first-order valence-electron chi connectivity index (χ1n) is 9.19. The van der Waals surface area contributed by atoms with Crippen molar-refractivity contribution in [3.05, 3.63) is 40.7 Å². The Morgan fingerprint density at radius 3 is 2.41 bits per heavy atom. The van der Waals surface area contributed by atoms with Crippen LogP contribution < -0.4 is 0 Å². The van der Waals surface area contributed by atoms with E-state index in [1.807, 2.05) is 0 Å². The summed E-state index contributed by atoms with van der Waals surface area (Å²) in [7, 11) is 0. The number of hydrogen-bond donors (Lipinski definition) is 0. The molecular formula is C20H23ClN2O4.